The summed E-state index contributed by atoms with van der Waals surface area (Å²) in [4.78, 5) is 0. The van der Waals surface area contributed by atoms with E-state index >= 15 is 0 Å². The fraction of sp³-hybridized carbons (Fsp3) is 0.0769. The molecule has 0 unspecified atom stereocenters. The summed E-state index contributed by atoms with van der Waals surface area (Å²) in [5.74, 6) is 0. The first-order valence-electron chi connectivity index (χ1n) is 5.75. The van der Waals surface area contributed by atoms with Gasteiger partial charge in [0.2, 0.25) is 0 Å². The summed E-state index contributed by atoms with van der Waals surface area (Å²) in [6.07, 6.45) is 0. The second kappa shape index (κ2) is 6.43. The van der Waals surface area contributed by atoms with Crippen LogP contribution >= 0.6 is 23.1 Å². The van der Waals surface area contributed by atoms with Crippen molar-refractivity contribution in [1.29, 1.82) is 0 Å². The van der Waals surface area contributed by atoms with Gasteiger partial charge in [-0.3, -0.25) is 4.72 Å². The predicted molar refractivity (Wildman–Crippen MR) is 91.1 cm³/mol. The predicted octanol–water partition coefficient (Wildman–Crippen LogP) is 3.14. The molecule has 0 aliphatic heterocycles. The molecule has 0 amide bonds. The number of benzene rings is 2. The molecule has 0 saturated heterocycles. The third-order valence-corrected chi connectivity index (χ3v) is 3.55. The van der Waals surface area contributed by atoms with Crippen molar-refractivity contribution in [2.45, 2.75) is 6.92 Å². The molecule has 0 heterocycles. The zero-order valence-corrected chi connectivity index (χ0v) is 13.5. The van der Waals surface area contributed by atoms with Crippen molar-refractivity contribution in [3.8, 4) is 11.1 Å². The first kappa shape index (κ1) is 17.4. The number of hydrogen-bond acceptors (Lipinski definition) is 4. The van der Waals surface area contributed by atoms with Crippen molar-refractivity contribution >= 4 is 49.4 Å². The van der Waals surface area contributed by atoms with Crippen LogP contribution in [-0.4, -0.2) is 8.42 Å². The third kappa shape index (κ3) is 4.42. The molecule has 0 fully saturated rings. The van der Waals surface area contributed by atoms with Gasteiger partial charge < -0.3 is 11.5 Å². The molecule has 5 N–H and O–H groups in total. The van der Waals surface area contributed by atoms with E-state index in [0.717, 1.165) is 16.7 Å². The van der Waals surface area contributed by atoms with Crippen molar-refractivity contribution in [2.75, 3.05) is 16.2 Å². The maximum atomic E-state index is 11.1. The number of nitrogen functional groups attached to an aromatic ring is 2. The van der Waals surface area contributed by atoms with Crippen LogP contribution in [0.2, 0.25) is 0 Å². The van der Waals surface area contributed by atoms with Crippen LogP contribution in [0.3, 0.4) is 0 Å². The molecule has 0 saturated carbocycles. The highest BCUT2D eigenvalue weighted by Gasteiger charge is 2.11. The fourth-order valence-corrected chi connectivity index (χ4v) is 2.61. The number of halogens is 2. The number of aryl methyl sites for hydroxylation is 1. The van der Waals surface area contributed by atoms with Gasteiger partial charge in [0.25, 0.3) is 0 Å². The monoisotopic (exact) mass is 347 g/mol. The van der Waals surface area contributed by atoms with E-state index in [1.54, 1.807) is 24.3 Å². The molecule has 21 heavy (non-hydrogen) atoms. The topological polar surface area (TPSA) is 98.2 Å². The van der Waals surface area contributed by atoms with Crippen LogP contribution in [0.4, 0.5) is 17.1 Å². The Morgan fingerprint density at radius 2 is 1.67 bits per heavy atom. The summed E-state index contributed by atoms with van der Waals surface area (Å²) in [5.41, 5.74) is 15.3. The average molecular weight is 348 g/mol. The van der Waals surface area contributed by atoms with E-state index in [1.165, 1.54) is 0 Å². The lowest BCUT2D eigenvalue weighted by molar-refractivity contribution is 0.614. The molecule has 5 nitrogen and oxygen atoms in total. The van der Waals surface area contributed by atoms with Crippen molar-refractivity contribution in [3.63, 3.8) is 0 Å². The smallest absolute Gasteiger partial charge is 0.319 e. The van der Waals surface area contributed by atoms with Gasteiger partial charge in [0.05, 0.1) is 11.4 Å². The first-order valence-corrected chi connectivity index (χ1v) is 8.05. The Balaban J connectivity index is 0.00000220. The molecule has 0 bridgehead atoms. The van der Waals surface area contributed by atoms with E-state index < -0.39 is 9.24 Å². The molecule has 8 heteroatoms. The Morgan fingerprint density at radius 3 is 2.19 bits per heavy atom. The van der Waals surface area contributed by atoms with E-state index in [0.29, 0.717) is 11.4 Å². The Kier molecular flexibility index (Phi) is 5.33. The maximum absolute atomic E-state index is 11.1. The van der Waals surface area contributed by atoms with Gasteiger partial charge in [-0.15, -0.1) is 12.4 Å². The van der Waals surface area contributed by atoms with E-state index in [-0.39, 0.29) is 18.1 Å². The van der Waals surface area contributed by atoms with E-state index in [2.05, 4.69) is 4.72 Å². The first-order chi connectivity index (χ1) is 9.26. The summed E-state index contributed by atoms with van der Waals surface area (Å²) >= 11 is 0. The largest absolute Gasteiger partial charge is 0.399 e. The molecule has 0 aromatic heterocycles. The number of hydrogen-bond donors (Lipinski definition) is 3. The van der Waals surface area contributed by atoms with E-state index in [1.807, 2.05) is 19.1 Å². The molecular formula is C13H15Cl2N3O2S. The summed E-state index contributed by atoms with van der Waals surface area (Å²) in [5, 5.41) is 0. The minimum absolute atomic E-state index is 0. The van der Waals surface area contributed by atoms with Crippen LogP contribution in [0, 0.1) is 6.92 Å². The zero-order chi connectivity index (χ0) is 14.9. The Bertz CT molecular complexity index is 747. The minimum Gasteiger partial charge on any atom is -0.399 e. The van der Waals surface area contributed by atoms with Crippen LogP contribution in [0.1, 0.15) is 5.56 Å². The van der Waals surface area contributed by atoms with Crippen LogP contribution in [0.15, 0.2) is 36.4 Å². The maximum Gasteiger partial charge on any atom is 0.319 e. The Labute approximate surface area is 134 Å². The number of rotatable bonds is 3. The molecular weight excluding hydrogens is 333 g/mol. The summed E-state index contributed by atoms with van der Waals surface area (Å²) in [6, 6.07) is 10.6. The van der Waals surface area contributed by atoms with Crippen LogP contribution in [-0.2, 0) is 9.24 Å². The molecule has 0 aliphatic rings. The Hall–Kier alpha value is -1.63. The lowest BCUT2D eigenvalue weighted by atomic mass is 9.99. The second-order valence-corrected chi connectivity index (χ2v) is 6.71. The van der Waals surface area contributed by atoms with Crippen LogP contribution in [0.25, 0.3) is 11.1 Å². The lowest BCUT2D eigenvalue weighted by Gasteiger charge is -2.12. The Morgan fingerprint density at radius 1 is 1.10 bits per heavy atom. The molecule has 114 valence electrons. The highest BCUT2D eigenvalue weighted by atomic mass is 35.7. The van der Waals surface area contributed by atoms with Crippen molar-refractivity contribution < 1.29 is 8.42 Å². The zero-order valence-electron chi connectivity index (χ0n) is 11.1. The normalized spacial score (nSPS) is 10.8. The van der Waals surface area contributed by atoms with E-state index in [4.69, 9.17) is 22.1 Å². The molecule has 0 aliphatic carbocycles. The van der Waals surface area contributed by atoms with Gasteiger partial charge in [-0.2, -0.15) is 8.42 Å². The highest BCUT2D eigenvalue weighted by Crippen LogP contribution is 2.32. The summed E-state index contributed by atoms with van der Waals surface area (Å²) in [7, 11) is 1.29. The van der Waals surface area contributed by atoms with Crippen molar-refractivity contribution in [3.05, 3.63) is 42.0 Å². The fourth-order valence-electron chi connectivity index (χ4n) is 1.92. The number of anilines is 3. The molecule has 2 rings (SSSR count). The molecule has 0 radical (unpaired) electrons. The minimum atomic E-state index is -3.90. The van der Waals surface area contributed by atoms with Gasteiger partial charge in [-0.1, -0.05) is 12.1 Å². The van der Waals surface area contributed by atoms with E-state index in [9.17, 15) is 8.42 Å². The van der Waals surface area contributed by atoms with Gasteiger partial charge >= 0.3 is 9.24 Å². The van der Waals surface area contributed by atoms with Gasteiger partial charge in [0.15, 0.2) is 0 Å². The second-order valence-electron chi connectivity index (χ2n) is 4.42. The SMILES string of the molecule is Cc1cc(N)c(NS(=O)(=O)Cl)cc1-c1ccc(N)cc1.Cl. The summed E-state index contributed by atoms with van der Waals surface area (Å²) in [6.45, 7) is 1.89. The van der Waals surface area contributed by atoms with Gasteiger partial charge in [0.1, 0.15) is 0 Å². The molecule has 0 atom stereocenters. The molecule has 2 aromatic rings. The van der Waals surface area contributed by atoms with Crippen LogP contribution in [0.5, 0.6) is 0 Å². The number of nitrogens with two attached hydrogens (primary N) is 2. The van der Waals surface area contributed by atoms with Crippen molar-refractivity contribution in [2.24, 2.45) is 0 Å². The standard InChI is InChI=1S/C13H14ClN3O2S.ClH/c1-8-6-12(16)13(17-20(14,18)19)7-11(8)9-2-4-10(15)5-3-9;/h2-7,17H,15-16H2,1H3;1H. The third-order valence-electron chi connectivity index (χ3n) is 2.85. The summed E-state index contributed by atoms with van der Waals surface area (Å²) < 4.78 is 24.4. The lowest BCUT2D eigenvalue weighted by Crippen LogP contribution is -2.07. The van der Waals surface area contributed by atoms with Gasteiger partial charge in [-0.05, 0) is 47.9 Å². The van der Waals surface area contributed by atoms with Crippen LogP contribution < -0.4 is 16.2 Å². The molecule has 2 aromatic carbocycles. The quantitative estimate of drug-likeness (QED) is 0.586. The van der Waals surface area contributed by atoms with Gasteiger partial charge in [-0.25, -0.2) is 0 Å². The number of nitrogens with one attached hydrogen (secondary N) is 1. The average Bonchev–Trinajstić information content (AvgIpc) is 2.32. The van der Waals surface area contributed by atoms with Crippen molar-refractivity contribution in [1.82, 2.24) is 0 Å². The van der Waals surface area contributed by atoms with Gasteiger partial charge in [0, 0.05) is 16.4 Å². The molecule has 0 spiro atoms. The highest BCUT2D eigenvalue weighted by molar-refractivity contribution is 8.14.